The van der Waals surface area contributed by atoms with Gasteiger partial charge in [-0.1, -0.05) is 20.3 Å². The first-order valence-corrected chi connectivity index (χ1v) is 10.4. The molecule has 5 unspecified atom stereocenters. The van der Waals surface area contributed by atoms with Crippen molar-refractivity contribution in [2.75, 3.05) is 12.3 Å². The topological polar surface area (TPSA) is 179 Å². The summed E-state index contributed by atoms with van der Waals surface area (Å²) in [6.07, 6.45) is 0.858. The smallest absolute Gasteiger partial charge is 0.327 e. The van der Waals surface area contributed by atoms with Gasteiger partial charge in [0.1, 0.15) is 18.1 Å². The van der Waals surface area contributed by atoms with E-state index in [2.05, 4.69) is 23.3 Å². The lowest BCUT2D eigenvalue weighted by Gasteiger charge is -2.32. The molecule has 1 aliphatic heterocycles. The van der Waals surface area contributed by atoms with Crippen LogP contribution in [0.1, 0.15) is 39.5 Å². The van der Waals surface area contributed by atoms with Crippen LogP contribution in [0.2, 0.25) is 0 Å². The maximum atomic E-state index is 13.2. The minimum atomic E-state index is -1.31. The molecule has 0 bridgehead atoms. The minimum Gasteiger partial charge on any atom is -0.481 e. The molecule has 0 aromatic heterocycles. The molecule has 1 saturated heterocycles. The predicted molar refractivity (Wildman–Crippen MR) is 110 cm³/mol. The van der Waals surface area contributed by atoms with Crippen molar-refractivity contribution < 1.29 is 34.2 Å². The first kappa shape index (κ1) is 25.7. The van der Waals surface area contributed by atoms with Gasteiger partial charge >= 0.3 is 11.9 Å². The van der Waals surface area contributed by atoms with Crippen molar-refractivity contribution in [2.24, 2.45) is 11.7 Å². The van der Waals surface area contributed by atoms with Crippen molar-refractivity contribution in [3.63, 3.8) is 0 Å². The van der Waals surface area contributed by atoms with E-state index in [1.54, 1.807) is 6.92 Å². The summed E-state index contributed by atoms with van der Waals surface area (Å²) in [6.45, 7) is 3.85. The molecule has 1 rings (SSSR count). The van der Waals surface area contributed by atoms with Crippen molar-refractivity contribution in [2.45, 2.75) is 63.7 Å². The van der Waals surface area contributed by atoms with Gasteiger partial charge in [0.05, 0.1) is 12.5 Å². The second kappa shape index (κ2) is 11.7. The fourth-order valence-corrected chi connectivity index (χ4v) is 3.41. The summed E-state index contributed by atoms with van der Waals surface area (Å²) in [5, 5.41) is 22.8. The quantitative estimate of drug-likeness (QED) is 0.214. The van der Waals surface area contributed by atoms with Crippen LogP contribution >= 0.6 is 12.6 Å². The first-order chi connectivity index (χ1) is 14.0. The highest BCUT2D eigenvalue weighted by molar-refractivity contribution is 7.80. The van der Waals surface area contributed by atoms with Gasteiger partial charge in [-0.25, -0.2) is 4.79 Å². The van der Waals surface area contributed by atoms with Crippen LogP contribution in [0.15, 0.2) is 0 Å². The molecule has 0 radical (unpaired) electrons. The van der Waals surface area contributed by atoms with Crippen LogP contribution in [-0.4, -0.2) is 81.2 Å². The molecule has 170 valence electrons. The normalized spacial score (nSPS) is 20.0. The number of nitrogens with one attached hydrogen (secondary N) is 2. The number of nitrogens with zero attached hydrogens (tertiary/aromatic N) is 1. The number of carboxylic acids is 2. The zero-order chi connectivity index (χ0) is 23.0. The van der Waals surface area contributed by atoms with Crippen molar-refractivity contribution in [3.05, 3.63) is 0 Å². The Bertz CT molecular complexity index is 675. The SMILES string of the molecule is CCC(C)C(NC(=O)C(N)CC(=O)O)C(=O)N1CCCC1C(=O)NC(CS)C(=O)O. The van der Waals surface area contributed by atoms with E-state index in [0.717, 1.165) is 0 Å². The maximum absolute atomic E-state index is 13.2. The largest absolute Gasteiger partial charge is 0.481 e. The van der Waals surface area contributed by atoms with E-state index in [4.69, 9.17) is 15.9 Å². The van der Waals surface area contributed by atoms with Crippen molar-refractivity contribution in [1.29, 1.82) is 0 Å². The van der Waals surface area contributed by atoms with Crippen LogP contribution in [0.4, 0.5) is 0 Å². The number of carbonyl (C=O) groups is 5. The van der Waals surface area contributed by atoms with Crippen molar-refractivity contribution >= 4 is 42.3 Å². The fourth-order valence-electron chi connectivity index (χ4n) is 3.16. The number of hydrogen-bond acceptors (Lipinski definition) is 7. The molecular formula is C18H30N4O7S. The number of carboxylic acid groups (broad SMARTS) is 2. The van der Waals surface area contributed by atoms with E-state index in [9.17, 15) is 24.0 Å². The second-order valence-corrected chi connectivity index (χ2v) is 7.71. The molecule has 0 aliphatic carbocycles. The molecule has 12 heteroatoms. The Morgan fingerprint density at radius 3 is 2.33 bits per heavy atom. The highest BCUT2D eigenvalue weighted by atomic mass is 32.1. The van der Waals surface area contributed by atoms with Gasteiger partial charge in [0, 0.05) is 12.3 Å². The predicted octanol–water partition coefficient (Wildman–Crippen LogP) is -1.19. The first-order valence-electron chi connectivity index (χ1n) is 9.75. The number of carbonyl (C=O) groups excluding carboxylic acids is 3. The highest BCUT2D eigenvalue weighted by Gasteiger charge is 2.40. The molecule has 0 aromatic rings. The number of thiol groups is 1. The van der Waals surface area contributed by atoms with Gasteiger partial charge in [-0.2, -0.15) is 12.6 Å². The van der Waals surface area contributed by atoms with E-state index in [-0.39, 0.29) is 18.2 Å². The molecular weight excluding hydrogens is 416 g/mol. The lowest BCUT2D eigenvalue weighted by Crippen LogP contribution is -2.58. The molecule has 30 heavy (non-hydrogen) atoms. The standard InChI is InChI=1S/C18H30N4O7S/c1-3-9(2)14(21-15(25)10(19)7-13(23)24)17(27)22-6-4-5-12(22)16(26)20-11(8-30)18(28)29/h9-12,14,30H,3-8,19H2,1-2H3,(H,20,26)(H,21,25)(H,23,24)(H,28,29). The van der Waals surface area contributed by atoms with Gasteiger partial charge in [-0.05, 0) is 18.8 Å². The Labute approximate surface area is 180 Å². The lowest BCUT2D eigenvalue weighted by molar-refractivity contribution is -0.145. The Hall–Kier alpha value is -2.34. The van der Waals surface area contributed by atoms with Crippen LogP contribution in [-0.2, 0) is 24.0 Å². The average Bonchev–Trinajstić information content (AvgIpc) is 3.17. The molecule has 0 aromatic carbocycles. The third-order valence-electron chi connectivity index (χ3n) is 5.14. The van der Waals surface area contributed by atoms with E-state index < -0.39 is 60.2 Å². The molecule has 11 nitrogen and oxygen atoms in total. The van der Waals surface area contributed by atoms with Gasteiger partial charge in [0.2, 0.25) is 17.7 Å². The molecule has 1 aliphatic rings. The number of rotatable bonds is 11. The summed E-state index contributed by atoms with van der Waals surface area (Å²) in [7, 11) is 0. The molecule has 1 fully saturated rings. The summed E-state index contributed by atoms with van der Waals surface area (Å²) < 4.78 is 0. The number of hydrogen-bond donors (Lipinski definition) is 6. The Morgan fingerprint density at radius 2 is 1.83 bits per heavy atom. The Morgan fingerprint density at radius 1 is 1.20 bits per heavy atom. The van der Waals surface area contributed by atoms with E-state index in [1.165, 1.54) is 4.90 Å². The number of likely N-dealkylation sites (tertiary alicyclic amines) is 1. The average molecular weight is 447 g/mol. The Kier molecular flexibility index (Phi) is 10.1. The van der Waals surface area contributed by atoms with Gasteiger partial charge in [-0.15, -0.1) is 0 Å². The monoisotopic (exact) mass is 446 g/mol. The number of nitrogens with two attached hydrogens (primary N) is 1. The van der Waals surface area contributed by atoms with Crippen LogP contribution < -0.4 is 16.4 Å². The van der Waals surface area contributed by atoms with Gasteiger partial charge < -0.3 is 31.5 Å². The van der Waals surface area contributed by atoms with Crippen molar-refractivity contribution in [3.8, 4) is 0 Å². The van der Waals surface area contributed by atoms with Crippen LogP contribution in [0.25, 0.3) is 0 Å². The fraction of sp³-hybridized carbons (Fsp3) is 0.722. The maximum Gasteiger partial charge on any atom is 0.327 e. The summed E-state index contributed by atoms with van der Waals surface area (Å²) in [5.74, 6) is -4.72. The van der Waals surface area contributed by atoms with Crippen LogP contribution in [0, 0.1) is 5.92 Å². The third kappa shape index (κ3) is 6.87. The second-order valence-electron chi connectivity index (χ2n) is 7.35. The summed E-state index contributed by atoms with van der Waals surface area (Å²) in [4.78, 5) is 61.3. The van der Waals surface area contributed by atoms with Crippen molar-refractivity contribution in [1.82, 2.24) is 15.5 Å². The van der Waals surface area contributed by atoms with E-state index >= 15 is 0 Å². The third-order valence-corrected chi connectivity index (χ3v) is 5.51. The zero-order valence-corrected chi connectivity index (χ0v) is 17.9. The molecule has 3 amide bonds. The van der Waals surface area contributed by atoms with Gasteiger partial charge in [0.15, 0.2) is 0 Å². The molecule has 0 saturated carbocycles. The summed E-state index contributed by atoms with van der Waals surface area (Å²) in [6, 6.07) is -4.35. The van der Waals surface area contributed by atoms with Gasteiger partial charge in [-0.3, -0.25) is 19.2 Å². The summed E-state index contributed by atoms with van der Waals surface area (Å²) >= 11 is 3.91. The van der Waals surface area contributed by atoms with Gasteiger partial charge in [0.25, 0.3) is 0 Å². The highest BCUT2D eigenvalue weighted by Crippen LogP contribution is 2.21. The van der Waals surface area contributed by atoms with E-state index in [1.807, 2.05) is 6.92 Å². The number of aliphatic carboxylic acids is 2. The number of amides is 3. The zero-order valence-electron chi connectivity index (χ0n) is 17.0. The molecule has 5 atom stereocenters. The molecule has 1 heterocycles. The summed E-state index contributed by atoms with van der Waals surface area (Å²) in [5.41, 5.74) is 5.59. The lowest BCUT2D eigenvalue weighted by atomic mass is 9.96. The van der Waals surface area contributed by atoms with Crippen LogP contribution in [0.5, 0.6) is 0 Å². The minimum absolute atomic E-state index is 0.102. The molecule has 6 N–H and O–H groups in total. The Balaban J connectivity index is 2.96. The molecule has 0 spiro atoms. The van der Waals surface area contributed by atoms with E-state index in [0.29, 0.717) is 19.3 Å². The van der Waals surface area contributed by atoms with Crippen LogP contribution in [0.3, 0.4) is 0 Å².